The molecular formula is C13H18N2O2. The lowest BCUT2D eigenvalue weighted by Gasteiger charge is -2.26. The van der Waals surface area contributed by atoms with Gasteiger partial charge >= 0.3 is 0 Å². The van der Waals surface area contributed by atoms with Crippen molar-refractivity contribution in [3.05, 3.63) is 29.8 Å². The van der Waals surface area contributed by atoms with Gasteiger partial charge in [-0.2, -0.15) is 0 Å². The van der Waals surface area contributed by atoms with Gasteiger partial charge in [-0.15, -0.1) is 0 Å². The highest BCUT2D eigenvalue weighted by Crippen LogP contribution is 2.18. The highest BCUT2D eigenvalue weighted by Gasteiger charge is 2.23. The quantitative estimate of drug-likeness (QED) is 0.739. The zero-order valence-corrected chi connectivity index (χ0v) is 9.94. The van der Waals surface area contributed by atoms with Gasteiger partial charge in [-0.1, -0.05) is 12.1 Å². The Morgan fingerprint density at radius 3 is 2.76 bits per heavy atom. The van der Waals surface area contributed by atoms with Crippen molar-refractivity contribution < 1.29 is 9.90 Å². The van der Waals surface area contributed by atoms with Crippen LogP contribution in [0.3, 0.4) is 0 Å². The van der Waals surface area contributed by atoms with E-state index in [2.05, 4.69) is 10.6 Å². The van der Waals surface area contributed by atoms with Crippen LogP contribution in [-0.4, -0.2) is 23.6 Å². The number of carbonyl (C=O) groups is 1. The van der Waals surface area contributed by atoms with Crippen molar-refractivity contribution in [1.82, 2.24) is 10.6 Å². The van der Waals surface area contributed by atoms with Gasteiger partial charge in [0.1, 0.15) is 5.75 Å². The summed E-state index contributed by atoms with van der Waals surface area (Å²) in [6, 6.07) is 7.06. The van der Waals surface area contributed by atoms with Crippen LogP contribution in [0, 0.1) is 0 Å². The van der Waals surface area contributed by atoms with Gasteiger partial charge in [-0.25, -0.2) is 0 Å². The number of hydrogen-bond acceptors (Lipinski definition) is 3. The van der Waals surface area contributed by atoms with Gasteiger partial charge in [0, 0.05) is 12.6 Å². The number of phenolic OH excluding ortho intramolecular Hbond substituents is 1. The van der Waals surface area contributed by atoms with Crippen LogP contribution < -0.4 is 10.6 Å². The lowest BCUT2D eigenvalue weighted by atomic mass is 10.0. The molecule has 0 bridgehead atoms. The minimum Gasteiger partial charge on any atom is -0.508 e. The Morgan fingerprint density at radius 2 is 2.12 bits per heavy atom. The summed E-state index contributed by atoms with van der Waals surface area (Å²) in [6.45, 7) is 2.80. The fourth-order valence-corrected chi connectivity index (χ4v) is 2.09. The van der Waals surface area contributed by atoms with Crippen LogP contribution in [0.5, 0.6) is 5.75 Å². The van der Waals surface area contributed by atoms with Gasteiger partial charge in [-0.05, 0) is 37.5 Å². The number of nitrogens with one attached hydrogen (secondary N) is 2. The molecule has 2 atom stereocenters. The molecule has 1 fully saturated rings. The highest BCUT2D eigenvalue weighted by molar-refractivity contribution is 5.82. The van der Waals surface area contributed by atoms with E-state index in [1.807, 2.05) is 19.1 Å². The smallest absolute Gasteiger partial charge is 0.237 e. The topological polar surface area (TPSA) is 61.4 Å². The Morgan fingerprint density at radius 1 is 1.41 bits per heavy atom. The normalized spacial score (nSPS) is 21.9. The van der Waals surface area contributed by atoms with Gasteiger partial charge in [0.15, 0.2) is 0 Å². The van der Waals surface area contributed by atoms with Gasteiger partial charge in [0.05, 0.1) is 6.04 Å². The average Bonchev–Trinajstić information content (AvgIpc) is 2.33. The Labute approximate surface area is 101 Å². The van der Waals surface area contributed by atoms with Gasteiger partial charge in [0.2, 0.25) is 5.91 Å². The molecule has 1 aromatic rings. The standard InChI is InChI=1S/C13H18N2O2/c1-9(10-4-6-11(16)7-5-10)15-12-3-2-8-14-13(12)17/h4-7,9,12,15-16H,2-3,8H2,1H3,(H,14,17). The van der Waals surface area contributed by atoms with Crippen LogP contribution in [-0.2, 0) is 4.79 Å². The minimum absolute atomic E-state index is 0.0851. The van der Waals surface area contributed by atoms with Crippen molar-refractivity contribution in [2.24, 2.45) is 0 Å². The number of amides is 1. The van der Waals surface area contributed by atoms with Crippen LogP contribution in [0.2, 0.25) is 0 Å². The fraction of sp³-hybridized carbons (Fsp3) is 0.462. The Kier molecular flexibility index (Phi) is 3.64. The lowest BCUT2D eigenvalue weighted by Crippen LogP contribution is -2.48. The summed E-state index contributed by atoms with van der Waals surface area (Å²) in [4.78, 5) is 11.6. The van der Waals surface area contributed by atoms with Crippen LogP contribution >= 0.6 is 0 Å². The molecule has 1 aliphatic heterocycles. The molecule has 0 saturated carbocycles. The molecule has 1 aliphatic rings. The van der Waals surface area contributed by atoms with E-state index in [-0.39, 0.29) is 23.7 Å². The Balaban J connectivity index is 1.98. The van der Waals surface area contributed by atoms with E-state index in [9.17, 15) is 9.90 Å². The number of phenols is 1. The van der Waals surface area contributed by atoms with E-state index < -0.39 is 0 Å². The number of hydrogen-bond donors (Lipinski definition) is 3. The summed E-state index contributed by atoms with van der Waals surface area (Å²) < 4.78 is 0. The molecule has 3 N–H and O–H groups in total. The average molecular weight is 234 g/mol. The zero-order valence-electron chi connectivity index (χ0n) is 9.94. The molecule has 0 aliphatic carbocycles. The summed E-state index contributed by atoms with van der Waals surface area (Å²) in [7, 11) is 0. The van der Waals surface area contributed by atoms with Crippen LogP contribution in [0.1, 0.15) is 31.4 Å². The monoisotopic (exact) mass is 234 g/mol. The number of aromatic hydroxyl groups is 1. The maximum atomic E-state index is 11.6. The molecule has 4 heteroatoms. The number of rotatable bonds is 3. The van der Waals surface area contributed by atoms with Crippen molar-refractivity contribution >= 4 is 5.91 Å². The SMILES string of the molecule is CC(NC1CCCNC1=O)c1ccc(O)cc1. The Bertz CT molecular complexity index is 389. The van der Waals surface area contributed by atoms with E-state index in [0.29, 0.717) is 0 Å². The summed E-state index contributed by atoms with van der Waals surface area (Å²) in [5.74, 6) is 0.346. The third kappa shape index (κ3) is 2.97. The molecular weight excluding hydrogens is 216 g/mol. The van der Waals surface area contributed by atoms with Gasteiger partial charge in [0.25, 0.3) is 0 Å². The van der Waals surface area contributed by atoms with Crippen LogP contribution in [0.25, 0.3) is 0 Å². The second-order valence-electron chi connectivity index (χ2n) is 4.47. The molecule has 4 nitrogen and oxygen atoms in total. The van der Waals surface area contributed by atoms with Gasteiger partial charge in [-0.3, -0.25) is 10.1 Å². The minimum atomic E-state index is -0.104. The zero-order chi connectivity index (χ0) is 12.3. The first-order valence-corrected chi connectivity index (χ1v) is 5.99. The second kappa shape index (κ2) is 5.19. The van der Waals surface area contributed by atoms with E-state index in [4.69, 9.17) is 0 Å². The summed E-state index contributed by atoms with van der Waals surface area (Å²) >= 11 is 0. The van der Waals surface area contributed by atoms with E-state index >= 15 is 0 Å². The molecule has 0 aromatic heterocycles. The Hall–Kier alpha value is -1.55. The lowest BCUT2D eigenvalue weighted by molar-refractivity contribution is -0.124. The molecule has 0 radical (unpaired) electrons. The first kappa shape index (κ1) is 11.9. The number of benzene rings is 1. The third-order valence-electron chi connectivity index (χ3n) is 3.13. The second-order valence-corrected chi connectivity index (χ2v) is 4.47. The maximum absolute atomic E-state index is 11.6. The van der Waals surface area contributed by atoms with Crippen LogP contribution in [0.15, 0.2) is 24.3 Å². The van der Waals surface area contributed by atoms with Gasteiger partial charge < -0.3 is 10.4 Å². The number of piperidine rings is 1. The molecule has 0 spiro atoms. The molecule has 1 saturated heterocycles. The maximum Gasteiger partial charge on any atom is 0.237 e. The molecule has 17 heavy (non-hydrogen) atoms. The van der Waals surface area contributed by atoms with Crippen molar-refractivity contribution in [3.8, 4) is 5.75 Å². The first-order valence-electron chi connectivity index (χ1n) is 5.99. The van der Waals surface area contributed by atoms with E-state index in [0.717, 1.165) is 24.9 Å². The van der Waals surface area contributed by atoms with E-state index in [1.54, 1.807) is 12.1 Å². The largest absolute Gasteiger partial charge is 0.508 e. The first-order chi connectivity index (χ1) is 8.16. The van der Waals surface area contributed by atoms with Crippen molar-refractivity contribution in [1.29, 1.82) is 0 Å². The summed E-state index contributed by atoms with van der Waals surface area (Å²) in [5, 5.41) is 15.4. The van der Waals surface area contributed by atoms with Crippen LogP contribution in [0.4, 0.5) is 0 Å². The van der Waals surface area contributed by atoms with E-state index in [1.165, 1.54) is 0 Å². The fourth-order valence-electron chi connectivity index (χ4n) is 2.09. The third-order valence-corrected chi connectivity index (χ3v) is 3.13. The predicted molar refractivity (Wildman–Crippen MR) is 65.7 cm³/mol. The molecule has 2 unspecified atom stereocenters. The molecule has 1 aromatic carbocycles. The highest BCUT2D eigenvalue weighted by atomic mass is 16.3. The van der Waals surface area contributed by atoms with Crippen molar-refractivity contribution in [2.75, 3.05) is 6.54 Å². The van der Waals surface area contributed by atoms with Crippen molar-refractivity contribution in [3.63, 3.8) is 0 Å². The van der Waals surface area contributed by atoms with Crippen molar-refractivity contribution in [2.45, 2.75) is 31.8 Å². The summed E-state index contributed by atoms with van der Waals surface area (Å²) in [5.41, 5.74) is 1.07. The molecule has 92 valence electrons. The molecule has 1 heterocycles. The predicted octanol–water partition coefficient (Wildman–Crippen LogP) is 1.32. The summed E-state index contributed by atoms with van der Waals surface area (Å²) in [6.07, 6.45) is 1.90. The molecule has 2 rings (SSSR count). The molecule has 1 amide bonds. The number of carbonyl (C=O) groups excluding carboxylic acids is 1.